The van der Waals surface area contributed by atoms with Crippen LogP contribution < -0.4 is 10.6 Å². The van der Waals surface area contributed by atoms with E-state index in [0.717, 1.165) is 19.4 Å². The average molecular weight is 293 g/mol. The summed E-state index contributed by atoms with van der Waals surface area (Å²) in [5.74, 6) is 0.919. The van der Waals surface area contributed by atoms with E-state index in [2.05, 4.69) is 10.6 Å². The van der Waals surface area contributed by atoms with E-state index >= 15 is 0 Å². The predicted molar refractivity (Wildman–Crippen MR) is 76.2 cm³/mol. The molecule has 6 heteroatoms. The molecule has 1 saturated carbocycles. The summed E-state index contributed by atoms with van der Waals surface area (Å²) in [7, 11) is 0. The van der Waals surface area contributed by atoms with Gasteiger partial charge in [0.1, 0.15) is 6.04 Å². The van der Waals surface area contributed by atoms with Crippen LogP contribution in [0.25, 0.3) is 0 Å². The molecule has 0 aromatic rings. The topological polar surface area (TPSA) is 78.5 Å². The monoisotopic (exact) mass is 293 g/mol. The second-order valence-corrected chi connectivity index (χ2v) is 6.59. The zero-order valence-electron chi connectivity index (χ0n) is 12.4. The molecular weight excluding hydrogens is 270 g/mol. The minimum Gasteiger partial charge on any atom is -0.356 e. The third kappa shape index (κ3) is 2.89. The van der Waals surface area contributed by atoms with Gasteiger partial charge in [-0.3, -0.25) is 14.4 Å². The molecule has 3 heterocycles. The summed E-state index contributed by atoms with van der Waals surface area (Å²) in [5.41, 5.74) is 0. The first-order chi connectivity index (χ1) is 10.0. The lowest BCUT2D eigenvalue weighted by molar-refractivity contribution is -0.144. The number of piperidine rings is 2. The van der Waals surface area contributed by atoms with Crippen molar-refractivity contribution in [2.75, 3.05) is 13.1 Å². The SMILES string of the molecule is CC(=O)NCC1CC2CCC1N(C(=O)[C@H]1CCC(=O)N1)C2. The Labute approximate surface area is 124 Å². The first kappa shape index (κ1) is 14.4. The molecule has 2 bridgehead atoms. The van der Waals surface area contributed by atoms with Crippen LogP contribution in [0.4, 0.5) is 0 Å². The predicted octanol–water partition coefficient (Wildman–Crippen LogP) is 0.0282. The molecule has 2 N–H and O–H groups in total. The van der Waals surface area contributed by atoms with Gasteiger partial charge in [0.2, 0.25) is 17.7 Å². The number of nitrogens with zero attached hydrogens (tertiary/aromatic N) is 1. The molecule has 1 aliphatic carbocycles. The molecule has 3 saturated heterocycles. The Hall–Kier alpha value is -1.59. The number of nitrogens with one attached hydrogen (secondary N) is 2. The second-order valence-electron chi connectivity index (χ2n) is 6.59. The number of carbonyl (C=O) groups excluding carboxylic acids is 3. The summed E-state index contributed by atoms with van der Waals surface area (Å²) < 4.78 is 0. The molecule has 0 aromatic carbocycles. The fourth-order valence-electron chi connectivity index (χ4n) is 4.08. The van der Waals surface area contributed by atoms with Gasteiger partial charge in [-0.15, -0.1) is 0 Å². The zero-order chi connectivity index (χ0) is 15.0. The van der Waals surface area contributed by atoms with Crippen LogP contribution in [-0.2, 0) is 14.4 Å². The van der Waals surface area contributed by atoms with Gasteiger partial charge in [-0.25, -0.2) is 0 Å². The molecule has 0 aromatic heterocycles. The smallest absolute Gasteiger partial charge is 0.245 e. The molecule has 21 heavy (non-hydrogen) atoms. The van der Waals surface area contributed by atoms with Crippen molar-refractivity contribution >= 4 is 17.7 Å². The highest BCUT2D eigenvalue weighted by Gasteiger charge is 2.44. The standard InChI is InChI=1S/C15H23N3O3/c1-9(19)16-7-11-6-10-2-4-13(11)18(8-10)15(21)12-3-5-14(20)17-12/h10-13H,2-8H2,1H3,(H,16,19)(H,17,20)/t10?,11?,12-,13?/m1/s1. The van der Waals surface area contributed by atoms with Gasteiger partial charge in [0.15, 0.2) is 0 Å². The van der Waals surface area contributed by atoms with Crippen molar-refractivity contribution in [1.29, 1.82) is 0 Å². The minimum atomic E-state index is -0.335. The summed E-state index contributed by atoms with van der Waals surface area (Å²) in [6.45, 7) is 2.99. The van der Waals surface area contributed by atoms with Crippen LogP contribution in [-0.4, -0.2) is 47.8 Å². The summed E-state index contributed by atoms with van der Waals surface area (Å²) >= 11 is 0. The van der Waals surface area contributed by atoms with E-state index in [-0.39, 0.29) is 29.8 Å². The van der Waals surface area contributed by atoms with E-state index in [1.54, 1.807) is 0 Å². The zero-order valence-corrected chi connectivity index (χ0v) is 12.4. The van der Waals surface area contributed by atoms with Gasteiger partial charge >= 0.3 is 0 Å². The van der Waals surface area contributed by atoms with Crippen LogP contribution in [0.15, 0.2) is 0 Å². The highest BCUT2D eigenvalue weighted by molar-refractivity contribution is 5.91. The van der Waals surface area contributed by atoms with Gasteiger partial charge in [-0.05, 0) is 37.5 Å². The summed E-state index contributed by atoms with van der Waals surface area (Å²) in [4.78, 5) is 37.0. The van der Waals surface area contributed by atoms with Gasteiger partial charge in [0.25, 0.3) is 0 Å². The summed E-state index contributed by atoms with van der Waals surface area (Å²) in [6.07, 6.45) is 4.34. The Bertz CT molecular complexity index is 465. The lowest BCUT2D eigenvalue weighted by Crippen LogP contribution is -2.60. The lowest BCUT2D eigenvalue weighted by atomic mass is 9.72. The number of hydrogen-bond donors (Lipinski definition) is 2. The van der Waals surface area contributed by atoms with Crippen molar-refractivity contribution < 1.29 is 14.4 Å². The lowest BCUT2D eigenvalue weighted by Gasteiger charge is -2.50. The third-order valence-corrected chi connectivity index (χ3v) is 5.10. The molecule has 4 aliphatic rings. The van der Waals surface area contributed by atoms with Crippen LogP contribution in [0.1, 0.15) is 39.0 Å². The number of fused-ring (bicyclic) bond motifs is 3. The maximum atomic E-state index is 12.6. The maximum Gasteiger partial charge on any atom is 0.245 e. The Kier molecular flexibility index (Phi) is 3.87. The Morgan fingerprint density at radius 1 is 1.33 bits per heavy atom. The van der Waals surface area contributed by atoms with E-state index in [0.29, 0.717) is 31.2 Å². The Morgan fingerprint density at radius 2 is 2.14 bits per heavy atom. The number of rotatable bonds is 3. The molecule has 3 unspecified atom stereocenters. The van der Waals surface area contributed by atoms with Crippen LogP contribution in [0.2, 0.25) is 0 Å². The van der Waals surface area contributed by atoms with Crippen LogP contribution >= 0.6 is 0 Å². The van der Waals surface area contributed by atoms with Crippen LogP contribution in [0, 0.1) is 11.8 Å². The fraction of sp³-hybridized carbons (Fsp3) is 0.800. The summed E-state index contributed by atoms with van der Waals surface area (Å²) in [6, 6.07) is -0.120. The van der Waals surface area contributed by atoms with Crippen LogP contribution in [0.5, 0.6) is 0 Å². The van der Waals surface area contributed by atoms with Gasteiger partial charge < -0.3 is 15.5 Å². The molecule has 4 atom stereocenters. The van der Waals surface area contributed by atoms with E-state index in [9.17, 15) is 14.4 Å². The first-order valence-corrected chi connectivity index (χ1v) is 7.89. The van der Waals surface area contributed by atoms with Crippen molar-refractivity contribution in [1.82, 2.24) is 15.5 Å². The largest absolute Gasteiger partial charge is 0.356 e. The third-order valence-electron chi connectivity index (χ3n) is 5.10. The Morgan fingerprint density at radius 3 is 2.76 bits per heavy atom. The van der Waals surface area contributed by atoms with Gasteiger partial charge in [0.05, 0.1) is 0 Å². The van der Waals surface area contributed by atoms with Crippen molar-refractivity contribution in [3.8, 4) is 0 Å². The molecular formula is C15H23N3O3. The highest BCUT2D eigenvalue weighted by Crippen LogP contribution is 2.39. The number of hydrogen-bond acceptors (Lipinski definition) is 3. The van der Waals surface area contributed by atoms with E-state index in [1.807, 2.05) is 4.90 Å². The highest BCUT2D eigenvalue weighted by atomic mass is 16.2. The number of amides is 3. The van der Waals surface area contributed by atoms with Gasteiger partial charge in [0, 0.05) is 32.5 Å². The fourth-order valence-corrected chi connectivity index (χ4v) is 4.08. The van der Waals surface area contributed by atoms with Crippen LogP contribution in [0.3, 0.4) is 0 Å². The molecule has 3 aliphatic heterocycles. The molecule has 6 nitrogen and oxygen atoms in total. The molecule has 3 amide bonds. The van der Waals surface area contributed by atoms with Crippen molar-refractivity contribution in [3.63, 3.8) is 0 Å². The van der Waals surface area contributed by atoms with Crippen molar-refractivity contribution in [3.05, 3.63) is 0 Å². The van der Waals surface area contributed by atoms with Crippen molar-refractivity contribution in [2.45, 2.75) is 51.1 Å². The molecule has 116 valence electrons. The molecule has 4 rings (SSSR count). The minimum absolute atomic E-state index is 0.0163. The number of carbonyl (C=O) groups is 3. The quantitative estimate of drug-likeness (QED) is 0.770. The van der Waals surface area contributed by atoms with E-state index in [4.69, 9.17) is 0 Å². The molecule has 0 radical (unpaired) electrons. The first-order valence-electron chi connectivity index (χ1n) is 7.89. The second kappa shape index (κ2) is 5.66. The van der Waals surface area contributed by atoms with Crippen molar-refractivity contribution in [2.24, 2.45) is 11.8 Å². The summed E-state index contributed by atoms with van der Waals surface area (Å²) in [5, 5.41) is 5.67. The normalized spacial score (nSPS) is 34.7. The average Bonchev–Trinajstić information content (AvgIpc) is 2.91. The molecule has 0 spiro atoms. The van der Waals surface area contributed by atoms with Gasteiger partial charge in [-0.1, -0.05) is 0 Å². The van der Waals surface area contributed by atoms with Gasteiger partial charge in [-0.2, -0.15) is 0 Å². The van der Waals surface area contributed by atoms with E-state index < -0.39 is 0 Å². The molecule has 4 fully saturated rings. The van der Waals surface area contributed by atoms with E-state index in [1.165, 1.54) is 13.3 Å². The Balaban J connectivity index is 1.66. The maximum absolute atomic E-state index is 12.6.